The van der Waals surface area contributed by atoms with Crippen molar-refractivity contribution >= 4 is 11.9 Å². The Kier molecular flexibility index (Phi) is 5.31. The molecule has 1 unspecified atom stereocenters. The van der Waals surface area contributed by atoms with Gasteiger partial charge in [0.1, 0.15) is 5.60 Å². The van der Waals surface area contributed by atoms with E-state index in [1.54, 1.807) is 39.8 Å². The number of benzene rings is 1. The number of alkyl carbamates (subject to hydrolysis) is 1. The molecule has 1 amide bonds. The second kappa shape index (κ2) is 6.55. The van der Waals surface area contributed by atoms with Crippen molar-refractivity contribution in [3.63, 3.8) is 0 Å². The van der Waals surface area contributed by atoms with Gasteiger partial charge in [0.25, 0.3) is 0 Å². The number of Topliss-reactive ketones (excluding diaryl/α,β-unsaturated/α-hetero) is 1. The first-order valence-corrected chi connectivity index (χ1v) is 6.77. The van der Waals surface area contributed by atoms with Crippen LogP contribution in [0.4, 0.5) is 4.79 Å². The summed E-state index contributed by atoms with van der Waals surface area (Å²) in [6, 6.07) is 7.15. The van der Waals surface area contributed by atoms with E-state index in [1.165, 1.54) is 0 Å². The molecule has 1 N–H and O–H groups in total. The predicted molar refractivity (Wildman–Crippen MR) is 79.0 cm³/mol. The molecule has 0 spiro atoms. The van der Waals surface area contributed by atoms with E-state index in [4.69, 9.17) is 4.74 Å². The van der Waals surface area contributed by atoms with Crippen LogP contribution in [0.3, 0.4) is 0 Å². The largest absolute Gasteiger partial charge is 0.444 e. The third-order valence-electron chi connectivity index (χ3n) is 2.63. The van der Waals surface area contributed by atoms with E-state index in [2.05, 4.69) is 5.32 Å². The summed E-state index contributed by atoms with van der Waals surface area (Å²) in [4.78, 5) is 23.6. The van der Waals surface area contributed by atoms with Gasteiger partial charge >= 0.3 is 6.09 Å². The van der Waals surface area contributed by atoms with Crippen molar-refractivity contribution in [2.75, 3.05) is 0 Å². The fourth-order valence-corrected chi connectivity index (χ4v) is 1.70. The van der Waals surface area contributed by atoms with Crippen LogP contribution < -0.4 is 5.32 Å². The van der Waals surface area contributed by atoms with Crippen LogP contribution in [0, 0.1) is 6.92 Å². The molecule has 110 valence electrons. The Morgan fingerprint density at radius 2 is 1.75 bits per heavy atom. The van der Waals surface area contributed by atoms with Crippen LogP contribution in [-0.4, -0.2) is 23.5 Å². The highest BCUT2D eigenvalue weighted by Crippen LogP contribution is 2.09. The molecule has 0 aromatic heterocycles. The number of nitrogens with one attached hydrogen (secondary N) is 1. The van der Waals surface area contributed by atoms with Gasteiger partial charge in [-0.15, -0.1) is 0 Å². The zero-order valence-electron chi connectivity index (χ0n) is 12.8. The number of carbonyl (C=O) groups is 2. The molecule has 4 heteroatoms. The van der Waals surface area contributed by atoms with Crippen LogP contribution >= 0.6 is 0 Å². The van der Waals surface area contributed by atoms with E-state index in [0.717, 1.165) is 5.56 Å². The third-order valence-corrected chi connectivity index (χ3v) is 2.63. The lowest BCUT2D eigenvalue weighted by atomic mass is 10.0. The molecule has 1 rings (SSSR count). The van der Waals surface area contributed by atoms with Crippen molar-refractivity contribution in [1.29, 1.82) is 0 Å². The fourth-order valence-electron chi connectivity index (χ4n) is 1.70. The first-order chi connectivity index (χ1) is 9.17. The van der Waals surface area contributed by atoms with Crippen LogP contribution in [0.15, 0.2) is 24.3 Å². The summed E-state index contributed by atoms with van der Waals surface area (Å²) in [6.45, 7) is 9.16. The Labute approximate surface area is 120 Å². The number of ketones is 1. The zero-order valence-corrected chi connectivity index (χ0v) is 12.8. The summed E-state index contributed by atoms with van der Waals surface area (Å²) >= 11 is 0. The minimum Gasteiger partial charge on any atom is -0.444 e. The minimum absolute atomic E-state index is 0.00792. The number of aryl methyl sites for hydroxylation is 1. The van der Waals surface area contributed by atoms with Gasteiger partial charge < -0.3 is 10.1 Å². The Balaban J connectivity index is 2.50. The molecule has 0 aliphatic heterocycles. The molecule has 4 nitrogen and oxygen atoms in total. The quantitative estimate of drug-likeness (QED) is 0.857. The lowest BCUT2D eigenvalue weighted by Gasteiger charge is -2.21. The van der Waals surface area contributed by atoms with Crippen molar-refractivity contribution < 1.29 is 14.3 Å². The van der Waals surface area contributed by atoms with Crippen LogP contribution in [0.5, 0.6) is 0 Å². The molecular weight excluding hydrogens is 254 g/mol. The lowest BCUT2D eigenvalue weighted by molar-refractivity contribution is 0.0506. The van der Waals surface area contributed by atoms with Crippen LogP contribution in [0.25, 0.3) is 0 Å². The van der Waals surface area contributed by atoms with Gasteiger partial charge in [-0.25, -0.2) is 4.79 Å². The Bertz CT molecular complexity index is 471. The standard InChI is InChI=1S/C16H23NO3/c1-11-6-8-13(9-7-11)14(18)10-12(2)17-15(19)20-16(3,4)5/h6-9,12H,10H2,1-5H3,(H,17,19). The number of carbonyl (C=O) groups excluding carboxylic acids is 2. The van der Waals surface area contributed by atoms with Gasteiger partial charge in [-0.3, -0.25) is 4.79 Å². The van der Waals surface area contributed by atoms with Crippen molar-refractivity contribution in [3.05, 3.63) is 35.4 Å². The molecule has 0 saturated carbocycles. The van der Waals surface area contributed by atoms with Gasteiger partial charge in [-0.2, -0.15) is 0 Å². The molecule has 0 fully saturated rings. The number of amides is 1. The van der Waals surface area contributed by atoms with E-state index in [-0.39, 0.29) is 18.2 Å². The molecule has 0 heterocycles. The molecule has 1 atom stereocenters. The highest BCUT2D eigenvalue weighted by atomic mass is 16.6. The summed E-state index contributed by atoms with van der Waals surface area (Å²) in [5, 5.41) is 2.67. The Morgan fingerprint density at radius 3 is 2.25 bits per heavy atom. The molecule has 20 heavy (non-hydrogen) atoms. The Hall–Kier alpha value is -1.84. The molecule has 0 saturated heterocycles. The van der Waals surface area contributed by atoms with Gasteiger partial charge in [0.15, 0.2) is 5.78 Å². The molecule has 0 aliphatic carbocycles. The average Bonchev–Trinajstić information content (AvgIpc) is 2.26. The lowest BCUT2D eigenvalue weighted by Crippen LogP contribution is -2.38. The number of ether oxygens (including phenoxy) is 1. The van der Waals surface area contributed by atoms with E-state index < -0.39 is 11.7 Å². The molecular formula is C16H23NO3. The van der Waals surface area contributed by atoms with Crippen LogP contribution in [0.2, 0.25) is 0 Å². The molecule has 1 aromatic carbocycles. The van der Waals surface area contributed by atoms with Crippen molar-refractivity contribution in [2.45, 2.75) is 52.7 Å². The topological polar surface area (TPSA) is 55.4 Å². The maximum atomic E-state index is 12.0. The smallest absolute Gasteiger partial charge is 0.407 e. The van der Waals surface area contributed by atoms with Crippen molar-refractivity contribution in [2.24, 2.45) is 0 Å². The van der Waals surface area contributed by atoms with E-state index in [9.17, 15) is 9.59 Å². The molecule has 0 bridgehead atoms. The summed E-state index contributed by atoms with van der Waals surface area (Å²) in [6.07, 6.45) is -0.246. The van der Waals surface area contributed by atoms with Gasteiger partial charge in [-0.1, -0.05) is 29.8 Å². The molecule has 1 aromatic rings. The number of hydrogen-bond donors (Lipinski definition) is 1. The van der Waals surface area contributed by atoms with Gasteiger partial charge in [-0.05, 0) is 34.6 Å². The maximum absolute atomic E-state index is 12.0. The van der Waals surface area contributed by atoms with Crippen LogP contribution in [0.1, 0.15) is 50.0 Å². The summed E-state index contributed by atoms with van der Waals surface area (Å²) in [5.41, 5.74) is 1.24. The van der Waals surface area contributed by atoms with E-state index >= 15 is 0 Å². The minimum atomic E-state index is -0.537. The highest BCUT2D eigenvalue weighted by Gasteiger charge is 2.19. The van der Waals surface area contributed by atoms with Gasteiger partial charge in [0.05, 0.1) is 0 Å². The highest BCUT2D eigenvalue weighted by molar-refractivity contribution is 5.96. The SMILES string of the molecule is Cc1ccc(C(=O)CC(C)NC(=O)OC(C)(C)C)cc1. The van der Waals surface area contributed by atoms with Crippen LogP contribution in [-0.2, 0) is 4.74 Å². The first-order valence-electron chi connectivity index (χ1n) is 6.77. The monoisotopic (exact) mass is 277 g/mol. The van der Waals surface area contributed by atoms with E-state index in [0.29, 0.717) is 5.56 Å². The Morgan fingerprint density at radius 1 is 1.20 bits per heavy atom. The zero-order chi connectivity index (χ0) is 15.3. The van der Waals surface area contributed by atoms with Gasteiger partial charge in [0.2, 0.25) is 0 Å². The number of rotatable bonds is 4. The second-order valence-electron chi connectivity index (χ2n) is 6.04. The third kappa shape index (κ3) is 5.87. The number of hydrogen-bond acceptors (Lipinski definition) is 3. The predicted octanol–water partition coefficient (Wildman–Crippen LogP) is 3.48. The summed E-state index contributed by atoms with van der Waals surface area (Å²) in [7, 11) is 0. The normalized spacial score (nSPS) is 12.7. The molecule has 0 radical (unpaired) electrons. The summed E-state index contributed by atoms with van der Waals surface area (Å²) < 4.78 is 5.15. The first kappa shape index (κ1) is 16.2. The molecule has 0 aliphatic rings. The maximum Gasteiger partial charge on any atom is 0.407 e. The van der Waals surface area contributed by atoms with Gasteiger partial charge in [0, 0.05) is 18.0 Å². The average molecular weight is 277 g/mol. The fraction of sp³-hybridized carbons (Fsp3) is 0.500. The van der Waals surface area contributed by atoms with Crippen molar-refractivity contribution in [1.82, 2.24) is 5.32 Å². The van der Waals surface area contributed by atoms with E-state index in [1.807, 2.05) is 19.1 Å². The van der Waals surface area contributed by atoms with Crippen molar-refractivity contribution in [3.8, 4) is 0 Å². The second-order valence-corrected chi connectivity index (χ2v) is 6.04. The summed E-state index contributed by atoms with van der Waals surface area (Å²) in [5.74, 6) is 0.00792.